The van der Waals surface area contributed by atoms with Gasteiger partial charge in [0.25, 0.3) is 0 Å². The SMILES string of the molecule is Cn1nnnc1-c1ccc(C(C)(c2ccc(OCc3ccccn3)cc2)C2(C)CC2)cc1. The number of rotatable bonds is 7. The molecule has 4 aromatic rings. The van der Waals surface area contributed by atoms with Gasteiger partial charge in [-0.2, -0.15) is 0 Å². The first-order chi connectivity index (χ1) is 15.5. The van der Waals surface area contributed by atoms with E-state index < -0.39 is 0 Å². The van der Waals surface area contributed by atoms with Crippen molar-refractivity contribution in [1.82, 2.24) is 25.2 Å². The van der Waals surface area contributed by atoms with E-state index in [1.165, 1.54) is 24.0 Å². The topological polar surface area (TPSA) is 65.7 Å². The maximum absolute atomic E-state index is 5.95. The number of aryl methyl sites for hydroxylation is 1. The van der Waals surface area contributed by atoms with Gasteiger partial charge in [0, 0.05) is 24.2 Å². The first-order valence-corrected chi connectivity index (χ1v) is 11.0. The van der Waals surface area contributed by atoms with Crippen molar-refractivity contribution >= 4 is 0 Å². The third kappa shape index (κ3) is 3.55. The number of aromatic nitrogens is 5. The number of benzene rings is 2. The molecule has 1 fully saturated rings. The lowest BCUT2D eigenvalue weighted by Gasteiger charge is -2.38. The highest BCUT2D eigenvalue weighted by Gasteiger charge is 2.54. The molecule has 1 aliphatic rings. The first-order valence-electron chi connectivity index (χ1n) is 11.0. The van der Waals surface area contributed by atoms with Gasteiger partial charge in [0.05, 0.1) is 5.69 Å². The zero-order valence-corrected chi connectivity index (χ0v) is 18.7. The molecular weight excluding hydrogens is 398 g/mol. The highest BCUT2D eigenvalue weighted by molar-refractivity contribution is 5.57. The van der Waals surface area contributed by atoms with Crippen molar-refractivity contribution in [2.45, 2.75) is 38.7 Å². The van der Waals surface area contributed by atoms with Gasteiger partial charge in [0.1, 0.15) is 12.4 Å². The lowest BCUT2D eigenvalue weighted by atomic mass is 9.65. The number of hydrogen-bond donors (Lipinski definition) is 0. The van der Waals surface area contributed by atoms with Crippen molar-refractivity contribution in [2.75, 3.05) is 0 Å². The molecule has 2 heterocycles. The van der Waals surface area contributed by atoms with Gasteiger partial charge in [-0.05, 0) is 64.1 Å². The highest BCUT2D eigenvalue weighted by atomic mass is 16.5. The molecule has 0 radical (unpaired) electrons. The molecule has 1 saturated carbocycles. The van der Waals surface area contributed by atoms with Gasteiger partial charge >= 0.3 is 0 Å². The van der Waals surface area contributed by atoms with E-state index in [4.69, 9.17) is 4.74 Å². The number of hydrogen-bond acceptors (Lipinski definition) is 5. The van der Waals surface area contributed by atoms with Crippen molar-refractivity contribution in [3.05, 3.63) is 89.7 Å². The van der Waals surface area contributed by atoms with Crippen LogP contribution in [0.3, 0.4) is 0 Å². The standard InChI is InChI=1S/C26H27N5O/c1-25(15-16-25)26(2,20-9-7-19(8-10-20)24-28-29-30-31(24)3)21-11-13-23(14-12-21)32-18-22-6-4-5-17-27-22/h4-14,17H,15-16,18H2,1-3H3. The van der Waals surface area contributed by atoms with Crippen molar-refractivity contribution in [2.24, 2.45) is 12.5 Å². The predicted molar refractivity (Wildman–Crippen MR) is 123 cm³/mol. The van der Waals surface area contributed by atoms with Crippen LogP contribution in [-0.2, 0) is 19.1 Å². The van der Waals surface area contributed by atoms with E-state index in [9.17, 15) is 0 Å². The fourth-order valence-corrected chi connectivity index (χ4v) is 4.50. The molecule has 2 aromatic carbocycles. The Bertz CT molecular complexity index is 1200. The summed E-state index contributed by atoms with van der Waals surface area (Å²) in [5.74, 6) is 1.62. The van der Waals surface area contributed by atoms with Crippen molar-refractivity contribution in [3.63, 3.8) is 0 Å². The van der Waals surface area contributed by atoms with Gasteiger partial charge in [-0.1, -0.05) is 56.3 Å². The Balaban J connectivity index is 1.41. The van der Waals surface area contributed by atoms with Crippen LogP contribution in [0.1, 0.15) is 43.5 Å². The van der Waals surface area contributed by atoms with Gasteiger partial charge < -0.3 is 4.74 Å². The smallest absolute Gasteiger partial charge is 0.181 e. The molecule has 0 spiro atoms. The lowest BCUT2D eigenvalue weighted by Crippen LogP contribution is -2.33. The molecule has 0 aliphatic heterocycles. The molecule has 0 bridgehead atoms. The summed E-state index contributed by atoms with van der Waals surface area (Å²) in [6.45, 7) is 5.22. The fraction of sp³-hybridized carbons (Fsp3) is 0.308. The molecule has 5 rings (SSSR count). The second-order valence-electron chi connectivity index (χ2n) is 9.02. The Morgan fingerprint density at radius 3 is 2.22 bits per heavy atom. The maximum atomic E-state index is 5.95. The summed E-state index contributed by atoms with van der Waals surface area (Å²) >= 11 is 0. The zero-order chi connectivity index (χ0) is 22.2. The van der Waals surface area contributed by atoms with E-state index in [0.29, 0.717) is 6.61 Å². The number of pyridine rings is 1. The highest BCUT2D eigenvalue weighted by Crippen LogP contribution is 2.62. The lowest BCUT2D eigenvalue weighted by molar-refractivity contribution is 0.300. The van der Waals surface area contributed by atoms with Crippen LogP contribution in [0.15, 0.2) is 72.9 Å². The summed E-state index contributed by atoms with van der Waals surface area (Å²) in [7, 11) is 1.86. The van der Waals surface area contributed by atoms with Crippen LogP contribution in [0.5, 0.6) is 5.75 Å². The van der Waals surface area contributed by atoms with Crippen LogP contribution in [0.2, 0.25) is 0 Å². The second-order valence-corrected chi connectivity index (χ2v) is 9.02. The normalized spacial score (nSPS) is 16.3. The minimum Gasteiger partial charge on any atom is -0.487 e. The quantitative estimate of drug-likeness (QED) is 0.419. The number of tetrazole rings is 1. The monoisotopic (exact) mass is 425 g/mol. The van der Waals surface area contributed by atoms with Gasteiger partial charge in [0.2, 0.25) is 0 Å². The average molecular weight is 426 g/mol. The van der Waals surface area contributed by atoms with Gasteiger partial charge in [-0.25, -0.2) is 4.68 Å². The minimum absolute atomic E-state index is 0.0941. The van der Waals surface area contributed by atoms with E-state index in [2.05, 4.69) is 82.9 Å². The van der Waals surface area contributed by atoms with Gasteiger partial charge in [-0.3, -0.25) is 4.98 Å². The molecule has 6 heteroatoms. The molecule has 6 nitrogen and oxygen atoms in total. The van der Waals surface area contributed by atoms with E-state index in [-0.39, 0.29) is 10.8 Å². The Morgan fingerprint density at radius 2 is 1.66 bits per heavy atom. The summed E-state index contributed by atoms with van der Waals surface area (Å²) in [6.07, 6.45) is 4.22. The summed E-state index contributed by atoms with van der Waals surface area (Å²) in [6, 6.07) is 23.1. The van der Waals surface area contributed by atoms with Crippen LogP contribution in [0.25, 0.3) is 11.4 Å². The van der Waals surface area contributed by atoms with E-state index >= 15 is 0 Å². The molecule has 0 amide bonds. The minimum atomic E-state index is -0.0941. The zero-order valence-electron chi connectivity index (χ0n) is 18.7. The van der Waals surface area contributed by atoms with Crippen molar-refractivity contribution in [1.29, 1.82) is 0 Å². The Labute approximate surface area is 188 Å². The average Bonchev–Trinajstić information content (AvgIpc) is 3.45. The summed E-state index contributed by atoms with van der Waals surface area (Å²) < 4.78 is 7.65. The largest absolute Gasteiger partial charge is 0.487 e. The van der Waals surface area contributed by atoms with Gasteiger partial charge in [-0.15, -0.1) is 5.10 Å². The predicted octanol–water partition coefficient (Wildman–Crippen LogP) is 4.96. The molecule has 162 valence electrons. The van der Waals surface area contributed by atoms with Crippen LogP contribution < -0.4 is 4.74 Å². The summed E-state index contributed by atoms with van der Waals surface area (Å²) in [5.41, 5.74) is 4.68. The Kier molecular flexibility index (Phi) is 5.00. The van der Waals surface area contributed by atoms with Gasteiger partial charge in [0.15, 0.2) is 5.82 Å². The van der Waals surface area contributed by atoms with E-state index in [0.717, 1.165) is 22.8 Å². The van der Waals surface area contributed by atoms with E-state index in [1.807, 2.05) is 25.2 Å². The molecule has 1 aliphatic carbocycles. The third-order valence-corrected chi connectivity index (χ3v) is 7.09. The summed E-state index contributed by atoms with van der Waals surface area (Å²) in [5, 5.41) is 11.8. The van der Waals surface area contributed by atoms with Crippen LogP contribution in [0, 0.1) is 5.41 Å². The summed E-state index contributed by atoms with van der Waals surface area (Å²) in [4.78, 5) is 4.32. The van der Waals surface area contributed by atoms with Crippen LogP contribution >= 0.6 is 0 Å². The fourth-order valence-electron chi connectivity index (χ4n) is 4.50. The first kappa shape index (κ1) is 20.4. The van der Waals surface area contributed by atoms with Crippen molar-refractivity contribution < 1.29 is 4.74 Å². The molecule has 0 N–H and O–H groups in total. The van der Waals surface area contributed by atoms with Crippen LogP contribution in [0.4, 0.5) is 0 Å². The molecule has 0 saturated heterocycles. The van der Waals surface area contributed by atoms with Crippen LogP contribution in [-0.4, -0.2) is 25.2 Å². The Hall–Kier alpha value is -3.54. The molecule has 1 atom stereocenters. The Morgan fingerprint density at radius 1 is 0.969 bits per heavy atom. The number of ether oxygens (including phenoxy) is 1. The second kappa shape index (κ2) is 7.86. The molecule has 2 aromatic heterocycles. The molecule has 1 unspecified atom stereocenters. The molecular formula is C26H27N5O. The van der Waals surface area contributed by atoms with E-state index in [1.54, 1.807) is 10.9 Å². The maximum Gasteiger partial charge on any atom is 0.181 e. The third-order valence-electron chi connectivity index (χ3n) is 7.09. The van der Waals surface area contributed by atoms with Crippen molar-refractivity contribution in [3.8, 4) is 17.1 Å². The number of nitrogens with zero attached hydrogens (tertiary/aromatic N) is 5. The molecule has 32 heavy (non-hydrogen) atoms.